The molecule has 6 heteroatoms. The first-order valence-corrected chi connectivity index (χ1v) is 11.0. The second-order valence-electron chi connectivity index (χ2n) is 7.39. The van der Waals surface area contributed by atoms with E-state index in [2.05, 4.69) is 24.1 Å². The highest BCUT2D eigenvalue weighted by Gasteiger charge is 2.34. The van der Waals surface area contributed by atoms with Gasteiger partial charge >= 0.3 is 0 Å². The topological polar surface area (TPSA) is 51.5 Å². The Hall–Kier alpha value is -3.25. The summed E-state index contributed by atoms with van der Waals surface area (Å²) in [5, 5.41) is 0.797. The zero-order valence-corrected chi connectivity index (χ0v) is 18.2. The van der Waals surface area contributed by atoms with Crippen molar-refractivity contribution in [3.8, 4) is 5.75 Å². The minimum Gasteiger partial charge on any atom is -0.494 e. The van der Waals surface area contributed by atoms with E-state index in [0.29, 0.717) is 11.5 Å². The lowest BCUT2D eigenvalue weighted by Gasteiger charge is -2.08. The minimum atomic E-state index is -0.266. The number of imide groups is 1. The van der Waals surface area contributed by atoms with Gasteiger partial charge in [-0.25, -0.2) is 0 Å². The maximum absolute atomic E-state index is 12.6. The lowest BCUT2D eigenvalue weighted by molar-refractivity contribution is -0.122. The Morgan fingerprint density at radius 3 is 2.65 bits per heavy atom. The van der Waals surface area contributed by atoms with Gasteiger partial charge in [-0.2, -0.15) is 0 Å². The summed E-state index contributed by atoms with van der Waals surface area (Å²) in [7, 11) is 0. The highest BCUT2D eigenvalue weighted by Crippen LogP contribution is 2.34. The standard InChI is InChI=1S/C25H24N2O3S/c1-3-13-27-24(28)23(31-25(27)29)16-19-17-26(22-8-5-4-7-21(19)22)14-6-15-30-20-11-9-18(2)10-12-20/h3-5,7-12,16-17H,1,6,13-15H2,2H3/b23-16-. The highest BCUT2D eigenvalue weighted by molar-refractivity contribution is 8.18. The molecule has 0 saturated carbocycles. The molecule has 158 valence electrons. The normalized spacial score (nSPS) is 15.3. The molecule has 4 rings (SSSR count). The summed E-state index contributed by atoms with van der Waals surface area (Å²) in [6.45, 7) is 7.30. The Kier molecular flexibility index (Phi) is 6.28. The zero-order chi connectivity index (χ0) is 21.8. The Labute approximate surface area is 186 Å². The van der Waals surface area contributed by atoms with Crippen molar-refractivity contribution >= 4 is 39.9 Å². The molecule has 3 aromatic rings. The molecule has 1 aromatic heterocycles. The third-order valence-corrected chi connectivity index (χ3v) is 6.03. The number of aromatic nitrogens is 1. The first kappa shape index (κ1) is 21.0. The van der Waals surface area contributed by atoms with Gasteiger partial charge in [0.25, 0.3) is 11.1 Å². The Morgan fingerprint density at radius 2 is 1.87 bits per heavy atom. The van der Waals surface area contributed by atoms with E-state index < -0.39 is 0 Å². The number of nitrogens with zero attached hydrogens (tertiary/aromatic N) is 2. The van der Waals surface area contributed by atoms with Crippen LogP contribution in [0.15, 0.2) is 72.3 Å². The van der Waals surface area contributed by atoms with Gasteiger partial charge in [0.15, 0.2) is 0 Å². The van der Waals surface area contributed by atoms with Gasteiger partial charge in [-0.1, -0.05) is 42.0 Å². The largest absolute Gasteiger partial charge is 0.494 e. The van der Waals surface area contributed by atoms with Crippen molar-refractivity contribution in [1.82, 2.24) is 9.47 Å². The predicted molar refractivity (Wildman–Crippen MR) is 126 cm³/mol. The summed E-state index contributed by atoms with van der Waals surface area (Å²) >= 11 is 0.976. The van der Waals surface area contributed by atoms with Crippen LogP contribution >= 0.6 is 11.8 Å². The quantitative estimate of drug-likeness (QED) is 0.263. The van der Waals surface area contributed by atoms with E-state index in [-0.39, 0.29) is 17.7 Å². The number of fused-ring (bicyclic) bond motifs is 1. The SMILES string of the molecule is C=CCN1C(=O)S/C(=C\c2cn(CCCOc3ccc(C)cc3)c3ccccc23)C1=O. The van der Waals surface area contributed by atoms with Gasteiger partial charge in [-0.15, -0.1) is 6.58 Å². The van der Waals surface area contributed by atoms with E-state index in [1.807, 2.05) is 54.7 Å². The average Bonchev–Trinajstić information content (AvgIpc) is 3.25. The van der Waals surface area contributed by atoms with Crippen LogP contribution in [0.5, 0.6) is 5.75 Å². The number of para-hydroxylation sites is 1. The second-order valence-corrected chi connectivity index (χ2v) is 8.38. The lowest BCUT2D eigenvalue weighted by Crippen LogP contribution is -2.27. The fourth-order valence-electron chi connectivity index (χ4n) is 3.56. The molecule has 1 aliphatic rings. The van der Waals surface area contributed by atoms with Crippen molar-refractivity contribution in [2.24, 2.45) is 0 Å². The first-order chi connectivity index (χ1) is 15.1. The Bertz CT molecular complexity index is 1160. The number of carbonyl (C=O) groups is 2. The third kappa shape index (κ3) is 4.59. The van der Waals surface area contributed by atoms with Crippen LogP contribution in [-0.2, 0) is 11.3 Å². The van der Waals surface area contributed by atoms with Gasteiger partial charge in [-0.05, 0) is 49.4 Å². The zero-order valence-electron chi connectivity index (χ0n) is 17.4. The highest BCUT2D eigenvalue weighted by atomic mass is 32.2. The predicted octanol–water partition coefficient (Wildman–Crippen LogP) is 5.64. The van der Waals surface area contributed by atoms with Crippen molar-refractivity contribution in [2.45, 2.75) is 19.9 Å². The molecule has 0 aliphatic carbocycles. The number of hydrogen-bond donors (Lipinski definition) is 0. The molecule has 1 fully saturated rings. The molecule has 2 amide bonds. The van der Waals surface area contributed by atoms with Crippen molar-refractivity contribution in [3.05, 3.63) is 83.4 Å². The molecule has 1 aliphatic heterocycles. The van der Waals surface area contributed by atoms with Crippen LogP contribution in [0.25, 0.3) is 17.0 Å². The monoisotopic (exact) mass is 432 g/mol. The van der Waals surface area contributed by atoms with E-state index in [0.717, 1.165) is 46.9 Å². The van der Waals surface area contributed by atoms with E-state index in [4.69, 9.17) is 4.74 Å². The molecule has 5 nitrogen and oxygen atoms in total. The van der Waals surface area contributed by atoms with Crippen LogP contribution in [0.4, 0.5) is 4.79 Å². The van der Waals surface area contributed by atoms with Gasteiger partial charge in [0.05, 0.1) is 11.5 Å². The number of amides is 2. The molecule has 2 heterocycles. The van der Waals surface area contributed by atoms with Gasteiger partial charge in [0.2, 0.25) is 0 Å². The van der Waals surface area contributed by atoms with Crippen LogP contribution in [-0.4, -0.2) is 33.8 Å². The van der Waals surface area contributed by atoms with Crippen LogP contribution < -0.4 is 4.74 Å². The smallest absolute Gasteiger partial charge is 0.293 e. The average molecular weight is 433 g/mol. The summed E-state index contributed by atoms with van der Waals surface area (Å²) in [6, 6.07) is 16.1. The number of ether oxygens (including phenoxy) is 1. The van der Waals surface area contributed by atoms with Crippen LogP contribution in [0.1, 0.15) is 17.5 Å². The molecular formula is C25H24N2O3S. The summed E-state index contributed by atoms with van der Waals surface area (Å²) in [6.07, 6.45) is 6.26. The second kappa shape index (κ2) is 9.27. The Balaban J connectivity index is 1.50. The number of benzene rings is 2. The van der Waals surface area contributed by atoms with Crippen molar-refractivity contribution in [2.75, 3.05) is 13.2 Å². The van der Waals surface area contributed by atoms with Crippen molar-refractivity contribution < 1.29 is 14.3 Å². The van der Waals surface area contributed by atoms with Gasteiger partial charge in [0, 0.05) is 35.8 Å². The molecule has 1 saturated heterocycles. The molecule has 0 atom stereocenters. The van der Waals surface area contributed by atoms with Gasteiger partial charge in [0.1, 0.15) is 5.75 Å². The van der Waals surface area contributed by atoms with E-state index >= 15 is 0 Å². The molecule has 0 spiro atoms. The summed E-state index contributed by atoms with van der Waals surface area (Å²) < 4.78 is 8.02. The number of hydrogen-bond acceptors (Lipinski definition) is 4. The summed E-state index contributed by atoms with van der Waals surface area (Å²) in [4.78, 5) is 26.3. The van der Waals surface area contributed by atoms with E-state index in [1.54, 1.807) is 6.08 Å². The fourth-order valence-corrected chi connectivity index (χ4v) is 4.40. The molecule has 0 bridgehead atoms. The molecule has 0 N–H and O–H groups in total. The summed E-state index contributed by atoms with van der Waals surface area (Å²) in [5.74, 6) is 0.608. The van der Waals surface area contributed by atoms with E-state index in [9.17, 15) is 9.59 Å². The Morgan fingerprint density at radius 1 is 1.10 bits per heavy atom. The number of aryl methyl sites for hydroxylation is 2. The maximum Gasteiger partial charge on any atom is 0.293 e. The number of thioether (sulfide) groups is 1. The van der Waals surface area contributed by atoms with Gasteiger partial charge in [-0.3, -0.25) is 14.5 Å². The molecule has 0 unspecified atom stereocenters. The minimum absolute atomic E-state index is 0.227. The molecule has 31 heavy (non-hydrogen) atoms. The third-order valence-electron chi connectivity index (χ3n) is 5.12. The number of carbonyl (C=O) groups excluding carboxylic acids is 2. The fraction of sp³-hybridized carbons (Fsp3) is 0.200. The van der Waals surface area contributed by atoms with Crippen LogP contribution in [0.3, 0.4) is 0 Å². The van der Waals surface area contributed by atoms with Crippen LogP contribution in [0.2, 0.25) is 0 Å². The van der Waals surface area contributed by atoms with E-state index in [1.165, 1.54) is 10.5 Å². The lowest BCUT2D eigenvalue weighted by atomic mass is 10.1. The molecule has 2 aromatic carbocycles. The molecular weight excluding hydrogens is 408 g/mol. The number of rotatable bonds is 8. The maximum atomic E-state index is 12.6. The first-order valence-electron chi connectivity index (χ1n) is 10.2. The van der Waals surface area contributed by atoms with Crippen molar-refractivity contribution in [3.63, 3.8) is 0 Å². The molecule has 0 radical (unpaired) electrons. The van der Waals surface area contributed by atoms with Crippen LogP contribution in [0, 0.1) is 6.92 Å². The summed E-state index contributed by atoms with van der Waals surface area (Å²) in [5.41, 5.74) is 3.23. The van der Waals surface area contributed by atoms with Crippen molar-refractivity contribution in [1.29, 1.82) is 0 Å². The van der Waals surface area contributed by atoms with Gasteiger partial charge < -0.3 is 9.30 Å².